The summed E-state index contributed by atoms with van der Waals surface area (Å²) in [4.78, 5) is 11.9. The molecule has 3 N–H and O–H groups in total. The molecule has 1 saturated carbocycles. The smallest absolute Gasteiger partial charge is 0.224 e. The summed E-state index contributed by atoms with van der Waals surface area (Å²) in [5.41, 5.74) is 6.37. The molecule has 1 aromatic carbocycles. The summed E-state index contributed by atoms with van der Waals surface area (Å²) in [7, 11) is 0. The number of nitrogens with one attached hydrogen (secondary N) is 1. The van der Waals surface area contributed by atoms with Crippen LogP contribution >= 0.6 is 0 Å². The van der Waals surface area contributed by atoms with Crippen molar-refractivity contribution in [3.63, 3.8) is 0 Å². The number of carbonyl (C=O) groups excluding carboxylic acids is 1. The molecule has 1 aromatic rings. The first-order chi connectivity index (χ1) is 8.69. The van der Waals surface area contributed by atoms with Crippen molar-refractivity contribution in [1.82, 2.24) is 5.32 Å². The third-order valence-corrected chi connectivity index (χ3v) is 3.56. The highest BCUT2D eigenvalue weighted by Gasteiger charge is 2.27. The lowest BCUT2D eigenvalue weighted by Gasteiger charge is -2.19. The SMILES string of the molecule is NCC1CCCC1NC(=O)Cc1cccc(F)c1. The minimum absolute atomic E-state index is 0.0500. The number of hydrogen-bond acceptors (Lipinski definition) is 2. The highest BCUT2D eigenvalue weighted by Crippen LogP contribution is 2.24. The maximum absolute atomic E-state index is 13.0. The Morgan fingerprint density at radius 2 is 2.28 bits per heavy atom. The Hall–Kier alpha value is -1.42. The quantitative estimate of drug-likeness (QED) is 0.853. The molecule has 0 aromatic heterocycles. The summed E-state index contributed by atoms with van der Waals surface area (Å²) in [6, 6.07) is 6.35. The zero-order valence-corrected chi connectivity index (χ0v) is 10.4. The van der Waals surface area contributed by atoms with E-state index in [1.807, 2.05) is 0 Å². The Labute approximate surface area is 107 Å². The summed E-state index contributed by atoms with van der Waals surface area (Å²) >= 11 is 0. The van der Waals surface area contributed by atoms with E-state index >= 15 is 0 Å². The maximum atomic E-state index is 13.0. The second kappa shape index (κ2) is 5.96. The van der Waals surface area contributed by atoms with Crippen molar-refractivity contribution in [2.24, 2.45) is 11.7 Å². The molecule has 0 bridgehead atoms. The minimum atomic E-state index is -0.305. The van der Waals surface area contributed by atoms with Gasteiger partial charge in [0.2, 0.25) is 5.91 Å². The van der Waals surface area contributed by atoms with E-state index in [4.69, 9.17) is 5.73 Å². The van der Waals surface area contributed by atoms with Gasteiger partial charge in [-0.05, 0) is 43.0 Å². The molecule has 0 radical (unpaired) electrons. The fourth-order valence-corrected chi connectivity index (χ4v) is 2.60. The summed E-state index contributed by atoms with van der Waals surface area (Å²) in [6.45, 7) is 0.616. The number of nitrogens with two attached hydrogens (primary N) is 1. The van der Waals surface area contributed by atoms with Gasteiger partial charge in [0.1, 0.15) is 5.82 Å². The molecule has 98 valence electrons. The number of hydrogen-bond donors (Lipinski definition) is 2. The van der Waals surface area contributed by atoms with Crippen molar-refractivity contribution in [3.05, 3.63) is 35.6 Å². The van der Waals surface area contributed by atoms with Gasteiger partial charge in [-0.2, -0.15) is 0 Å². The number of carbonyl (C=O) groups is 1. The van der Waals surface area contributed by atoms with Gasteiger partial charge < -0.3 is 11.1 Å². The summed E-state index contributed by atoms with van der Waals surface area (Å²) in [5, 5.41) is 3.01. The van der Waals surface area contributed by atoms with E-state index in [0.29, 0.717) is 18.0 Å². The molecule has 2 rings (SSSR count). The van der Waals surface area contributed by atoms with Crippen LogP contribution in [0.3, 0.4) is 0 Å². The summed E-state index contributed by atoms with van der Waals surface area (Å²) in [5.74, 6) is 0.0356. The monoisotopic (exact) mass is 250 g/mol. The second-order valence-electron chi connectivity index (χ2n) is 4.91. The molecule has 1 aliphatic carbocycles. The van der Waals surface area contributed by atoms with Gasteiger partial charge in [0.05, 0.1) is 6.42 Å². The molecule has 0 aliphatic heterocycles. The highest BCUT2D eigenvalue weighted by molar-refractivity contribution is 5.78. The molecule has 2 unspecified atom stereocenters. The predicted molar refractivity (Wildman–Crippen MR) is 68.4 cm³/mol. The predicted octanol–water partition coefficient (Wildman–Crippen LogP) is 1.61. The molecule has 1 aliphatic rings. The molecule has 2 atom stereocenters. The van der Waals surface area contributed by atoms with Crippen LogP contribution in [0.2, 0.25) is 0 Å². The van der Waals surface area contributed by atoms with E-state index in [0.717, 1.165) is 19.3 Å². The number of rotatable bonds is 4. The van der Waals surface area contributed by atoms with Crippen LogP contribution in [0.4, 0.5) is 4.39 Å². The normalized spacial score (nSPS) is 23.0. The van der Waals surface area contributed by atoms with Gasteiger partial charge in [-0.15, -0.1) is 0 Å². The third-order valence-electron chi connectivity index (χ3n) is 3.56. The van der Waals surface area contributed by atoms with E-state index < -0.39 is 0 Å². The largest absolute Gasteiger partial charge is 0.353 e. The van der Waals surface area contributed by atoms with Crippen LogP contribution in [0.15, 0.2) is 24.3 Å². The molecule has 4 heteroatoms. The lowest BCUT2D eigenvalue weighted by atomic mass is 10.0. The van der Waals surface area contributed by atoms with E-state index in [9.17, 15) is 9.18 Å². The summed E-state index contributed by atoms with van der Waals surface area (Å²) < 4.78 is 13.0. The van der Waals surface area contributed by atoms with E-state index in [-0.39, 0.29) is 24.2 Å². The third kappa shape index (κ3) is 3.29. The minimum Gasteiger partial charge on any atom is -0.353 e. The van der Waals surface area contributed by atoms with E-state index in [2.05, 4.69) is 5.32 Å². The molecule has 0 spiro atoms. The van der Waals surface area contributed by atoms with Crippen molar-refractivity contribution >= 4 is 5.91 Å². The van der Waals surface area contributed by atoms with Crippen LogP contribution in [-0.4, -0.2) is 18.5 Å². The number of halogens is 1. The Morgan fingerprint density at radius 3 is 3.00 bits per heavy atom. The number of benzene rings is 1. The van der Waals surface area contributed by atoms with Gasteiger partial charge >= 0.3 is 0 Å². The van der Waals surface area contributed by atoms with Gasteiger partial charge in [-0.3, -0.25) is 4.79 Å². The number of amides is 1. The molecule has 0 heterocycles. The van der Waals surface area contributed by atoms with Gasteiger partial charge in [-0.25, -0.2) is 4.39 Å². The van der Waals surface area contributed by atoms with Crippen molar-refractivity contribution in [3.8, 4) is 0 Å². The Kier molecular flexibility index (Phi) is 4.31. The van der Waals surface area contributed by atoms with Crippen LogP contribution < -0.4 is 11.1 Å². The van der Waals surface area contributed by atoms with Gasteiger partial charge in [-0.1, -0.05) is 18.6 Å². The zero-order valence-electron chi connectivity index (χ0n) is 10.4. The Bertz CT molecular complexity index is 422. The van der Waals surface area contributed by atoms with Gasteiger partial charge in [0.15, 0.2) is 0 Å². The first-order valence-corrected chi connectivity index (χ1v) is 6.43. The van der Waals surface area contributed by atoms with Crippen molar-refractivity contribution in [2.45, 2.75) is 31.7 Å². The fourth-order valence-electron chi connectivity index (χ4n) is 2.60. The Balaban J connectivity index is 1.89. The van der Waals surface area contributed by atoms with Crippen molar-refractivity contribution in [2.75, 3.05) is 6.54 Å². The van der Waals surface area contributed by atoms with Crippen molar-refractivity contribution < 1.29 is 9.18 Å². The van der Waals surface area contributed by atoms with Crippen LogP contribution in [0, 0.1) is 11.7 Å². The molecule has 1 amide bonds. The van der Waals surface area contributed by atoms with E-state index in [1.54, 1.807) is 12.1 Å². The fraction of sp³-hybridized carbons (Fsp3) is 0.500. The average molecular weight is 250 g/mol. The molecule has 18 heavy (non-hydrogen) atoms. The van der Waals surface area contributed by atoms with Gasteiger partial charge in [0.25, 0.3) is 0 Å². The van der Waals surface area contributed by atoms with Crippen molar-refractivity contribution in [1.29, 1.82) is 0 Å². The molecular formula is C14H19FN2O. The second-order valence-corrected chi connectivity index (χ2v) is 4.91. The lowest BCUT2D eigenvalue weighted by Crippen LogP contribution is -2.40. The molecule has 1 fully saturated rings. The van der Waals surface area contributed by atoms with Crippen LogP contribution in [0.5, 0.6) is 0 Å². The van der Waals surface area contributed by atoms with Crippen LogP contribution in [-0.2, 0) is 11.2 Å². The van der Waals surface area contributed by atoms with E-state index in [1.165, 1.54) is 12.1 Å². The molecule has 0 saturated heterocycles. The van der Waals surface area contributed by atoms with Gasteiger partial charge in [0, 0.05) is 6.04 Å². The Morgan fingerprint density at radius 1 is 1.44 bits per heavy atom. The first kappa shape index (κ1) is 13.0. The van der Waals surface area contributed by atoms with Crippen LogP contribution in [0.25, 0.3) is 0 Å². The molecular weight excluding hydrogens is 231 g/mol. The maximum Gasteiger partial charge on any atom is 0.224 e. The lowest BCUT2D eigenvalue weighted by molar-refractivity contribution is -0.121. The van der Waals surface area contributed by atoms with Crippen LogP contribution in [0.1, 0.15) is 24.8 Å². The topological polar surface area (TPSA) is 55.1 Å². The highest BCUT2D eigenvalue weighted by atomic mass is 19.1. The first-order valence-electron chi connectivity index (χ1n) is 6.43. The summed E-state index contributed by atoms with van der Waals surface area (Å²) in [6.07, 6.45) is 3.43. The standard InChI is InChI=1S/C14H19FN2O/c15-12-5-1-3-10(7-12)8-14(18)17-13-6-2-4-11(13)9-16/h1,3,5,7,11,13H,2,4,6,8-9,16H2,(H,17,18). The average Bonchev–Trinajstić information content (AvgIpc) is 2.76. The molecule has 3 nitrogen and oxygen atoms in total. The zero-order chi connectivity index (χ0) is 13.0.